The Bertz CT molecular complexity index is 625. The van der Waals surface area contributed by atoms with Crippen molar-refractivity contribution in [3.8, 4) is 0 Å². The molecule has 1 saturated heterocycles. The van der Waals surface area contributed by atoms with Crippen molar-refractivity contribution < 1.29 is 19.1 Å². The number of halogens is 2. The second-order valence-electron chi connectivity index (χ2n) is 4.87. The highest BCUT2D eigenvalue weighted by atomic mass is 35.5. The molecule has 1 aromatic rings. The molecule has 0 aromatic heterocycles. The summed E-state index contributed by atoms with van der Waals surface area (Å²) >= 11 is 11.7. The lowest BCUT2D eigenvalue weighted by molar-refractivity contribution is -0.159. The fourth-order valence-corrected chi connectivity index (χ4v) is 2.02. The van der Waals surface area contributed by atoms with Crippen LogP contribution in [0.2, 0.25) is 10.0 Å². The lowest BCUT2D eigenvalue weighted by Gasteiger charge is -2.13. The van der Waals surface area contributed by atoms with Crippen LogP contribution in [0.4, 0.5) is 0 Å². The van der Waals surface area contributed by atoms with E-state index in [1.54, 1.807) is 32.0 Å². The minimum atomic E-state index is -1.05. The van der Waals surface area contributed by atoms with E-state index >= 15 is 0 Å². The van der Waals surface area contributed by atoms with Gasteiger partial charge >= 0.3 is 5.97 Å². The van der Waals surface area contributed by atoms with Crippen LogP contribution in [0.5, 0.6) is 0 Å². The van der Waals surface area contributed by atoms with Crippen molar-refractivity contribution in [2.75, 3.05) is 0 Å². The van der Waals surface area contributed by atoms with Gasteiger partial charge in [0, 0.05) is 20.4 Å². The zero-order valence-corrected chi connectivity index (χ0v) is 12.9. The molecule has 0 atom stereocenters. The maximum absolute atomic E-state index is 11.7. The van der Waals surface area contributed by atoms with Gasteiger partial charge in [0.2, 0.25) is 17.5 Å². The van der Waals surface area contributed by atoms with Gasteiger partial charge in [0.25, 0.3) is 0 Å². The van der Waals surface area contributed by atoms with Crippen LogP contribution in [0.25, 0.3) is 0 Å². The number of hydrogen-bond acceptors (Lipinski definition) is 4. The van der Waals surface area contributed by atoms with E-state index in [1.807, 2.05) is 0 Å². The van der Waals surface area contributed by atoms with Gasteiger partial charge in [0.15, 0.2) is 0 Å². The number of carbonyl (C=O) groups excluding carboxylic acids is 2. The predicted octanol–water partition coefficient (Wildman–Crippen LogP) is 2.80. The predicted molar refractivity (Wildman–Crippen MR) is 77.6 cm³/mol. The summed E-state index contributed by atoms with van der Waals surface area (Å²) in [6, 6.07) is 5.04. The van der Waals surface area contributed by atoms with Crippen molar-refractivity contribution in [3.63, 3.8) is 0 Å². The molecule has 1 amide bonds. The highest BCUT2D eigenvalue weighted by Gasteiger charge is 2.37. The minimum absolute atomic E-state index is 0.119. The zero-order valence-electron chi connectivity index (χ0n) is 11.4. The Labute approximate surface area is 131 Å². The van der Waals surface area contributed by atoms with E-state index in [4.69, 9.17) is 32.7 Å². The molecule has 5 nitrogen and oxygen atoms in total. The molecule has 112 valence electrons. The molecule has 0 spiro atoms. The molecule has 1 fully saturated rings. The van der Waals surface area contributed by atoms with Crippen molar-refractivity contribution in [2.45, 2.75) is 26.2 Å². The lowest BCUT2D eigenvalue weighted by atomic mass is 10.2. The van der Waals surface area contributed by atoms with E-state index in [-0.39, 0.29) is 12.3 Å². The number of carbonyl (C=O) groups is 2. The Morgan fingerprint density at radius 2 is 2.00 bits per heavy atom. The Kier molecular flexibility index (Phi) is 4.44. The summed E-state index contributed by atoms with van der Waals surface area (Å²) < 4.78 is 10.1. The van der Waals surface area contributed by atoms with Crippen LogP contribution in [0, 0.1) is 0 Å². The second kappa shape index (κ2) is 5.95. The highest BCUT2D eigenvalue weighted by molar-refractivity contribution is 6.42. The molecule has 1 aliphatic heterocycles. The number of esters is 1. The minimum Gasteiger partial charge on any atom is -0.445 e. The van der Waals surface area contributed by atoms with Gasteiger partial charge in [0.05, 0.1) is 16.1 Å². The maximum atomic E-state index is 11.7. The smallest absolute Gasteiger partial charge is 0.377 e. The third-order valence-corrected chi connectivity index (χ3v) is 3.35. The summed E-state index contributed by atoms with van der Waals surface area (Å²) in [6.07, 6.45) is 1.06. The second-order valence-corrected chi connectivity index (χ2v) is 5.68. The summed E-state index contributed by atoms with van der Waals surface area (Å²) in [5.74, 6) is -2.30. The molecule has 0 radical (unpaired) electrons. The van der Waals surface area contributed by atoms with Gasteiger partial charge in [0.1, 0.15) is 0 Å². The lowest BCUT2D eigenvalue weighted by Crippen LogP contribution is -2.21. The van der Waals surface area contributed by atoms with E-state index in [9.17, 15) is 9.59 Å². The number of hydrogen-bond donors (Lipinski definition) is 1. The van der Waals surface area contributed by atoms with E-state index in [2.05, 4.69) is 5.32 Å². The molecule has 21 heavy (non-hydrogen) atoms. The van der Waals surface area contributed by atoms with Gasteiger partial charge in [-0.05, 0) is 17.7 Å². The number of rotatable bonds is 3. The van der Waals surface area contributed by atoms with Gasteiger partial charge in [-0.1, -0.05) is 29.3 Å². The molecule has 1 aliphatic rings. The van der Waals surface area contributed by atoms with E-state index in [0.29, 0.717) is 10.0 Å². The molecule has 1 aromatic carbocycles. The maximum Gasteiger partial charge on any atom is 0.377 e. The number of benzene rings is 1. The quantitative estimate of drug-likeness (QED) is 0.684. The molecule has 0 unspecified atom stereocenters. The van der Waals surface area contributed by atoms with Crippen LogP contribution < -0.4 is 5.32 Å². The first-order valence-electron chi connectivity index (χ1n) is 6.13. The summed E-state index contributed by atoms with van der Waals surface area (Å²) in [6.45, 7) is 3.41. The molecule has 0 aliphatic carbocycles. The van der Waals surface area contributed by atoms with Crippen LogP contribution >= 0.6 is 23.2 Å². The first-order valence-corrected chi connectivity index (χ1v) is 6.88. The van der Waals surface area contributed by atoms with Crippen LogP contribution in [0.15, 0.2) is 30.0 Å². The van der Waals surface area contributed by atoms with Crippen molar-refractivity contribution in [3.05, 3.63) is 45.6 Å². The standard InChI is InChI=1S/C14H13Cl2NO4/c1-14(2)20-11(13(19)21-14)6-12(18)17-7-8-3-4-9(15)10(16)5-8/h3-6H,7H2,1-2H3,(H,17,18)/b11-6-. The fourth-order valence-electron chi connectivity index (χ4n) is 1.70. The first kappa shape index (κ1) is 15.7. The van der Waals surface area contributed by atoms with Crippen molar-refractivity contribution in [1.29, 1.82) is 0 Å². The Hall–Kier alpha value is -1.72. The average molecular weight is 330 g/mol. The first-order chi connectivity index (χ1) is 9.77. The van der Waals surface area contributed by atoms with E-state index in [1.165, 1.54) is 0 Å². The third kappa shape index (κ3) is 4.12. The molecule has 7 heteroatoms. The van der Waals surface area contributed by atoms with Gasteiger partial charge in [-0.2, -0.15) is 0 Å². The molecule has 0 saturated carbocycles. The number of ether oxygens (including phenoxy) is 2. The van der Waals surface area contributed by atoms with E-state index in [0.717, 1.165) is 11.6 Å². The van der Waals surface area contributed by atoms with Gasteiger partial charge in [-0.25, -0.2) is 4.79 Å². The topological polar surface area (TPSA) is 64.6 Å². The normalized spacial score (nSPS) is 18.3. The van der Waals surface area contributed by atoms with Crippen LogP contribution in [-0.2, 0) is 25.6 Å². The average Bonchev–Trinajstić information content (AvgIpc) is 2.64. The van der Waals surface area contributed by atoms with Crippen LogP contribution in [0.1, 0.15) is 19.4 Å². The summed E-state index contributed by atoms with van der Waals surface area (Å²) in [7, 11) is 0. The van der Waals surface area contributed by atoms with Gasteiger partial charge < -0.3 is 14.8 Å². The molecule has 1 heterocycles. The number of nitrogens with one attached hydrogen (secondary N) is 1. The van der Waals surface area contributed by atoms with Gasteiger partial charge in [-0.15, -0.1) is 0 Å². The van der Waals surface area contributed by atoms with Crippen molar-refractivity contribution >= 4 is 35.1 Å². The highest BCUT2D eigenvalue weighted by Crippen LogP contribution is 2.26. The molecule has 2 rings (SSSR count). The summed E-state index contributed by atoms with van der Waals surface area (Å²) in [4.78, 5) is 23.2. The summed E-state index contributed by atoms with van der Waals surface area (Å²) in [5.41, 5.74) is 0.784. The Balaban J connectivity index is 1.96. The number of amides is 1. The molecule has 0 bridgehead atoms. The molecular formula is C14H13Cl2NO4. The zero-order chi connectivity index (χ0) is 15.6. The third-order valence-electron chi connectivity index (χ3n) is 2.61. The van der Waals surface area contributed by atoms with Crippen LogP contribution in [-0.4, -0.2) is 17.7 Å². The monoisotopic (exact) mass is 329 g/mol. The van der Waals surface area contributed by atoms with E-state index < -0.39 is 17.7 Å². The Morgan fingerprint density at radius 3 is 2.57 bits per heavy atom. The Morgan fingerprint density at radius 1 is 1.29 bits per heavy atom. The van der Waals surface area contributed by atoms with Crippen LogP contribution in [0.3, 0.4) is 0 Å². The van der Waals surface area contributed by atoms with Crippen molar-refractivity contribution in [1.82, 2.24) is 5.32 Å². The SMILES string of the molecule is CC1(C)OC(=O)/C(=C/C(=O)NCc2ccc(Cl)c(Cl)c2)O1. The number of cyclic esters (lactones) is 1. The molecular weight excluding hydrogens is 317 g/mol. The summed E-state index contributed by atoms with van der Waals surface area (Å²) in [5, 5.41) is 3.47. The molecule has 1 N–H and O–H groups in total. The fraction of sp³-hybridized carbons (Fsp3) is 0.286. The van der Waals surface area contributed by atoms with Gasteiger partial charge in [-0.3, -0.25) is 4.79 Å². The largest absolute Gasteiger partial charge is 0.445 e. The van der Waals surface area contributed by atoms with Crippen molar-refractivity contribution in [2.24, 2.45) is 0 Å².